The Labute approximate surface area is 127 Å². The van der Waals surface area contributed by atoms with E-state index >= 15 is 0 Å². The molecule has 0 unspecified atom stereocenters. The van der Waals surface area contributed by atoms with Gasteiger partial charge in [-0.15, -0.1) is 0 Å². The summed E-state index contributed by atoms with van der Waals surface area (Å²) in [5.41, 5.74) is 2.30. The molecule has 2 nitrogen and oxygen atoms in total. The summed E-state index contributed by atoms with van der Waals surface area (Å²) < 4.78 is 5.70. The molecule has 1 aliphatic rings. The van der Waals surface area contributed by atoms with Crippen molar-refractivity contribution >= 4 is 29.5 Å². The maximum atomic E-state index is 10.7. The molecule has 0 aliphatic heterocycles. The minimum absolute atomic E-state index is 0.314. The molecule has 102 valence electrons. The first-order valence-electron chi connectivity index (χ1n) is 6.38. The summed E-state index contributed by atoms with van der Waals surface area (Å²) in [4.78, 5) is 10.7. The van der Waals surface area contributed by atoms with Crippen LogP contribution in [0.3, 0.4) is 0 Å². The average Bonchev–Trinajstić information content (AvgIpc) is 3.25. The van der Waals surface area contributed by atoms with E-state index in [4.69, 9.17) is 27.9 Å². The van der Waals surface area contributed by atoms with Gasteiger partial charge >= 0.3 is 0 Å². The number of carbonyl (C=O) groups is 1. The lowest BCUT2D eigenvalue weighted by atomic mass is 10.0. The summed E-state index contributed by atoms with van der Waals surface area (Å²) in [7, 11) is 0. The smallest absolute Gasteiger partial charge is 0.150 e. The number of carbonyl (C=O) groups excluding carboxylic acids is 1. The summed E-state index contributed by atoms with van der Waals surface area (Å²) in [6, 6.07) is 10.8. The van der Waals surface area contributed by atoms with Gasteiger partial charge in [-0.2, -0.15) is 0 Å². The summed E-state index contributed by atoms with van der Waals surface area (Å²) in [6.07, 6.45) is 3.28. The van der Waals surface area contributed by atoms with Crippen LogP contribution in [-0.2, 0) is 0 Å². The van der Waals surface area contributed by atoms with Crippen LogP contribution in [0.5, 0.6) is 5.75 Å². The van der Waals surface area contributed by atoms with Crippen molar-refractivity contribution in [2.45, 2.75) is 18.9 Å². The minimum Gasteiger partial charge on any atom is -0.489 e. The predicted octanol–water partition coefficient (Wildman–Crippen LogP) is 5.01. The SMILES string of the molecule is O=Cc1ccc(-c2ccc(OC3CC3)c(Cl)c2)c(Cl)c1. The number of benzene rings is 2. The standard InChI is InChI=1S/C16H12Cl2O2/c17-14-7-10(9-19)1-5-13(14)11-2-6-16(15(18)8-11)20-12-3-4-12/h1-2,5-9,12H,3-4H2. The van der Waals surface area contributed by atoms with Gasteiger partial charge in [0.15, 0.2) is 0 Å². The third kappa shape index (κ3) is 2.82. The molecular weight excluding hydrogens is 295 g/mol. The summed E-state index contributed by atoms with van der Waals surface area (Å²) in [5, 5.41) is 1.10. The van der Waals surface area contributed by atoms with Gasteiger partial charge in [0.1, 0.15) is 12.0 Å². The number of rotatable bonds is 4. The lowest BCUT2D eigenvalue weighted by Gasteiger charge is -2.10. The Morgan fingerprint density at radius 3 is 2.45 bits per heavy atom. The zero-order valence-electron chi connectivity index (χ0n) is 10.6. The van der Waals surface area contributed by atoms with Crippen LogP contribution in [0.25, 0.3) is 11.1 Å². The van der Waals surface area contributed by atoms with Gasteiger partial charge in [-0.05, 0) is 36.6 Å². The zero-order chi connectivity index (χ0) is 14.1. The highest BCUT2D eigenvalue weighted by atomic mass is 35.5. The van der Waals surface area contributed by atoms with Crippen LogP contribution in [0.4, 0.5) is 0 Å². The van der Waals surface area contributed by atoms with Gasteiger partial charge in [-0.25, -0.2) is 0 Å². The Morgan fingerprint density at radius 2 is 1.85 bits per heavy atom. The van der Waals surface area contributed by atoms with Gasteiger partial charge in [0, 0.05) is 16.1 Å². The fourth-order valence-electron chi connectivity index (χ4n) is 1.97. The van der Waals surface area contributed by atoms with Gasteiger partial charge in [-0.3, -0.25) is 4.79 Å². The van der Waals surface area contributed by atoms with Crippen LogP contribution in [0, 0.1) is 0 Å². The van der Waals surface area contributed by atoms with Crippen molar-refractivity contribution in [3.8, 4) is 16.9 Å². The molecule has 0 aromatic heterocycles. The molecule has 0 saturated heterocycles. The van der Waals surface area contributed by atoms with Crippen LogP contribution in [0.2, 0.25) is 10.0 Å². The molecule has 0 heterocycles. The van der Waals surface area contributed by atoms with Crippen molar-refractivity contribution in [1.82, 2.24) is 0 Å². The van der Waals surface area contributed by atoms with E-state index in [9.17, 15) is 4.79 Å². The van der Waals surface area contributed by atoms with E-state index in [-0.39, 0.29) is 0 Å². The van der Waals surface area contributed by atoms with Gasteiger partial charge in [0.25, 0.3) is 0 Å². The monoisotopic (exact) mass is 306 g/mol. The van der Waals surface area contributed by atoms with Gasteiger partial charge in [0.2, 0.25) is 0 Å². The van der Waals surface area contributed by atoms with Crippen LogP contribution in [0.15, 0.2) is 36.4 Å². The van der Waals surface area contributed by atoms with Crippen molar-refractivity contribution < 1.29 is 9.53 Å². The second-order valence-corrected chi connectivity index (χ2v) is 5.63. The fraction of sp³-hybridized carbons (Fsp3) is 0.188. The molecular formula is C16H12Cl2O2. The average molecular weight is 307 g/mol. The Morgan fingerprint density at radius 1 is 1.05 bits per heavy atom. The van der Waals surface area contributed by atoms with Gasteiger partial charge in [0.05, 0.1) is 11.1 Å². The predicted molar refractivity (Wildman–Crippen MR) is 80.9 cm³/mol. The van der Waals surface area contributed by atoms with Crippen LogP contribution in [-0.4, -0.2) is 12.4 Å². The highest BCUT2D eigenvalue weighted by Crippen LogP contribution is 2.36. The fourth-order valence-corrected chi connectivity index (χ4v) is 2.49. The van der Waals surface area contributed by atoms with Crippen molar-refractivity contribution in [3.05, 3.63) is 52.0 Å². The molecule has 3 rings (SSSR count). The second kappa shape index (κ2) is 5.47. The second-order valence-electron chi connectivity index (χ2n) is 4.82. The molecule has 0 bridgehead atoms. The first-order valence-corrected chi connectivity index (χ1v) is 7.14. The molecule has 0 amide bonds. The van der Waals surface area contributed by atoms with E-state index in [1.54, 1.807) is 12.1 Å². The largest absolute Gasteiger partial charge is 0.489 e. The number of hydrogen-bond acceptors (Lipinski definition) is 2. The van der Waals surface area contributed by atoms with Crippen LogP contribution >= 0.6 is 23.2 Å². The molecule has 4 heteroatoms. The number of ether oxygens (including phenoxy) is 1. The summed E-state index contributed by atoms with van der Waals surface area (Å²) in [5.74, 6) is 0.707. The molecule has 1 saturated carbocycles. The Hall–Kier alpha value is -1.51. The van der Waals surface area contributed by atoms with E-state index in [0.717, 1.165) is 30.3 Å². The van der Waals surface area contributed by atoms with Crippen LogP contribution < -0.4 is 4.74 Å². The molecule has 0 radical (unpaired) electrons. The van der Waals surface area contributed by atoms with Gasteiger partial charge in [-0.1, -0.05) is 41.4 Å². The quantitative estimate of drug-likeness (QED) is 0.742. The lowest BCUT2D eigenvalue weighted by Crippen LogP contribution is -1.96. The van der Waals surface area contributed by atoms with Crippen LogP contribution in [0.1, 0.15) is 23.2 Å². The topological polar surface area (TPSA) is 26.3 Å². The lowest BCUT2D eigenvalue weighted by molar-refractivity contribution is 0.112. The number of hydrogen-bond donors (Lipinski definition) is 0. The molecule has 2 aromatic carbocycles. The Bertz CT molecular complexity index is 664. The van der Waals surface area contributed by atoms with E-state index in [0.29, 0.717) is 27.5 Å². The first-order chi connectivity index (χ1) is 9.67. The third-order valence-corrected chi connectivity index (χ3v) is 3.80. The Balaban J connectivity index is 1.93. The van der Waals surface area contributed by atoms with E-state index < -0.39 is 0 Å². The minimum atomic E-state index is 0.314. The molecule has 20 heavy (non-hydrogen) atoms. The maximum absolute atomic E-state index is 10.7. The molecule has 0 atom stereocenters. The summed E-state index contributed by atoms with van der Waals surface area (Å²) >= 11 is 12.4. The zero-order valence-corrected chi connectivity index (χ0v) is 12.1. The molecule has 2 aromatic rings. The number of aldehydes is 1. The molecule has 0 N–H and O–H groups in total. The first kappa shape index (κ1) is 13.5. The maximum Gasteiger partial charge on any atom is 0.150 e. The third-order valence-electron chi connectivity index (χ3n) is 3.19. The Kier molecular flexibility index (Phi) is 3.68. The van der Waals surface area contributed by atoms with Gasteiger partial charge < -0.3 is 4.74 Å². The molecule has 1 fully saturated rings. The van der Waals surface area contributed by atoms with E-state index in [2.05, 4.69) is 0 Å². The summed E-state index contributed by atoms with van der Waals surface area (Å²) in [6.45, 7) is 0. The van der Waals surface area contributed by atoms with Crippen molar-refractivity contribution in [2.24, 2.45) is 0 Å². The normalized spacial score (nSPS) is 14.1. The van der Waals surface area contributed by atoms with Crippen molar-refractivity contribution in [1.29, 1.82) is 0 Å². The van der Waals surface area contributed by atoms with Crippen molar-refractivity contribution in [3.63, 3.8) is 0 Å². The van der Waals surface area contributed by atoms with Crippen molar-refractivity contribution in [2.75, 3.05) is 0 Å². The number of halogens is 2. The molecule has 0 spiro atoms. The highest BCUT2D eigenvalue weighted by molar-refractivity contribution is 6.34. The highest BCUT2D eigenvalue weighted by Gasteiger charge is 2.24. The van der Waals surface area contributed by atoms with E-state index in [1.807, 2.05) is 24.3 Å². The molecule has 1 aliphatic carbocycles. The van der Waals surface area contributed by atoms with E-state index in [1.165, 1.54) is 0 Å².